The van der Waals surface area contributed by atoms with Crippen molar-refractivity contribution < 1.29 is 14.0 Å². The molecule has 0 spiro atoms. The zero-order chi connectivity index (χ0) is 17.8. The molecular weight excluding hydrogens is 330 g/mol. The number of piperidine rings is 1. The zero-order valence-electron chi connectivity index (χ0n) is 15.4. The fourth-order valence-electron chi connectivity index (χ4n) is 4.30. The predicted octanol–water partition coefficient (Wildman–Crippen LogP) is 2.97. The lowest BCUT2D eigenvalue weighted by atomic mass is 9.73. The monoisotopic (exact) mass is 357 g/mol. The van der Waals surface area contributed by atoms with E-state index >= 15 is 0 Å². The number of hydrogen-bond donors (Lipinski definition) is 0. The summed E-state index contributed by atoms with van der Waals surface area (Å²) in [6, 6.07) is 6.04. The average molecular weight is 357 g/mol. The first kappa shape index (κ1) is 17.6. The molecule has 2 saturated heterocycles. The van der Waals surface area contributed by atoms with Crippen molar-refractivity contribution in [2.24, 2.45) is 5.41 Å². The molecule has 2 aliphatic heterocycles. The van der Waals surface area contributed by atoms with Gasteiger partial charge in [0.15, 0.2) is 0 Å². The van der Waals surface area contributed by atoms with E-state index in [1.54, 1.807) is 0 Å². The van der Waals surface area contributed by atoms with Gasteiger partial charge in [0.25, 0.3) is 0 Å². The van der Waals surface area contributed by atoms with E-state index in [1.165, 1.54) is 0 Å². The highest BCUT2D eigenvalue weighted by Gasteiger charge is 2.46. The van der Waals surface area contributed by atoms with Gasteiger partial charge < -0.3 is 14.0 Å². The summed E-state index contributed by atoms with van der Waals surface area (Å²) in [6.45, 7) is 7.01. The van der Waals surface area contributed by atoms with E-state index in [0.29, 0.717) is 12.7 Å². The molecule has 26 heavy (non-hydrogen) atoms. The molecule has 4 heterocycles. The lowest BCUT2D eigenvalue weighted by molar-refractivity contribution is -0.156. The van der Waals surface area contributed by atoms with E-state index in [2.05, 4.69) is 15.0 Å². The van der Waals surface area contributed by atoms with E-state index in [-0.39, 0.29) is 5.41 Å². The van der Waals surface area contributed by atoms with Crippen LogP contribution in [0.4, 0.5) is 0 Å². The maximum Gasteiger partial charge on any atom is 0.133 e. The Kier molecular flexibility index (Phi) is 5.33. The van der Waals surface area contributed by atoms with Crippen molar-refractivity contribution >= 4 is 0 Å². The molecule has 2 aromatic rings. The molecule has 0 bridgehead atoms. The van der Waals surface area contributed by atoms with Crippen LogP contribution < -0.4 is 0 Å². The minimum absolute atomic E-state index is 0.0717. The molecule has 0 aromatic carbocycles. The molecule has 0 amide bonds. The van der Waals surface area contributed by atoms with E-state index in [0.717, 1.165) is 69.1 Å². The van der Waals surface area contributed by atoms with Crippen LogP contribution in [0.3, 0.4) is 0 Å². The Morgan fingerprint density at radius 3 is 3.04 bits per heavy atom. The van der Waals surface area contributed by atoms with E-state index < -0.39 is 0 Å². The molecule has 0 aliphatic carbocycles. The van der Waals surface area contributed by atoms with Crippen LogP contribution in [0.1, 0.15) is 36.3 Å². The van der Waals surface area contributed by atoms with Gasteiger partial charge in [-0.1, -0.05) is 5.16 Å². The van der Waals surface area contributed by atoms with Crippen molar-refractivity contribution in [3.8, 4) is 0 Å². The van der Waals surface area contributed by atoms with Gasteiger partial charge in [-0.3, -0.25) is 9.88 Å². The Bertz CT molecular complexity index is 705. The summed E-state index contributed by atoms with van der Waals surface area (Å²) in [7, 11) is 0. The topological polar surface area (TPSA) is 60.6 Å². The number of aryl methyl sites for hydroxylation is 1. The summed E-state index contributed by atoms with van der Waals surface area (Å²) in [5.74, 6) is 0.867. The maximum atomic E-state index is 6.15. The molecule has 2 fully saturated rings. The Morgan fingerprint density at radius 1 is 1.35 bits per heavy atom. The molecule has 6 heteroatoms. The first-order valence-electron chi connectivity index (χ1n) is 9.46. The van der Waals surface area contributed by atoms with Crippen molar-refractivity contribution in [3.63, 3.8) is 0 Å². The molecule has 2 aromatic heterocycles. The molecule has 140 valence electrons. The quantitative estimate of drug-likeness (QED) is 0.792. The molecule has 0 saturated carbocycles. The third-order valence-electron chi connectivity index (χ3n) is 5.54. The number of likely N-dealkylation sites (tertiary alicyclic amines) is 1. The SMILES string of the molecule is Cc1cc(CN2CC[C@@H]3OCCC[C@@]3(COCc3ccncc3)C2)no1. The van der Waals surface area contributed by atoms with Crippen LogP contribution in [-0.4, -0.2) is 47.4 Å². The minimum Gasteiger partial charge on any atom is -0.377 e. The molecule has 0 N–H and O–H groups in total. The molecule has 6 nitrogen and oxygen atoms in total. The number of pyridine rings is 1. The summed E-state index contributed by atoms with van der Waals surface area (Å²) >= 11 is 0. The van der Waals surface area contributed by atoms with Crippen molar-refractivity contribution in [2.45, 2.75) is 45.4 Å². The van der Waals surface area contributed by atoms with Gasteiger partial charge >= 0.3 is 0 Å². The number of rotatable bonds is 6. The number of nitrogens with zero attached hydrogens (tertiary/aromatic N) is 3. The highest BCUT2D eigenvalue weighted by molar-refractivity contribution is 5.08. The maximum absolute atomic E-state index is 6.15. The second kappa shape index (κ2) is 7.86. The number of hydrogen-bond acceptors (Lipinski definition) is 6. The Balaban J connectivity index is 1.40. The lowest BCUT2D eigenvalue weighted by Gasteiger charge is -2.50. The summed E-state index contributed by atoms with van der Waals surface area (Å²) < 4.78 is 17.5. The Morgan fingerprint density at radius 2 is 2.23 bits per heavy atom. The highest BCUT2D eigenvalue weighted by atomic mass is 16.5. The lowest BCUT2D eigenvalue weighted by Crippen LogP contribution is -2.56. The van der Waals surface area contributed by atoms with Crippen LogP contribution >= 0.6 is 0 Å². The third kappa shape index (κ3) is 3.98. The van der Waals surface area contributed by atoms with Gasteiger partial charge in [0.1, 0.15) is 5.76 Å². The summed E-state index contributed by atoms with van der Waals surface area (Å²) in [4.78, 5) is 6.53. The molecule has 4 rings (SSSR count). The largest absolute Gasteiger partial charge is 0.377 e. The van der Waals surface area contributed by atoms with E-state index in [4.69, 9.17) is 14.0 Å². The summed E-state index contributed by atoms with van der Waals surface area (Å²) in [6.07, 6.45) is 7.23. The van der Waals surface area contributed by atoms with E-state index in [9.17, 15) is 0 Å². The smallest absolute Gasteiger partial charge is 0.133 e. The second-order valence-corrected chi connectivity index (χ2v) is 7.60. The highest BCUT2D eigenvalue weighted by Crippen LogP contribution is 2.41. The standard InChI is InChI=1S/C20H27N3O3/c1-16-11-18(22-26-16)12-23-9-5-19-20(14-23,6-2-10-25-19)15-24-13-17-3-7-21-8-4-17/h3-4,7-8,11,19H,2,5-6,9-10,12-15H2,1H3/t19-,20-/m0/s1. The van der Waals surface area contributed by atoms with Crippen LogP contribution in [0.5, 0.6) is 0 Å². The van der Waals surface area contributed by atoms with Crippen molar-refractivity contribution in [3.05, 3.63) is 47.6 Å². The Hall–Kier alpha value is -1.76. The predicted molar refractivity (Wildman–Crippen MR) is 96.4 cm³/mol. The van der Waals surface area contributed by atoms with Gasteiger partial charge in [0, 0.05) is 50.1 Å². The number of fused-ring (bicyclic) bond motifs is 1. The molecule has 2 atom stereocenters. The number of aromatic nitrogens is 2. The van der Waals surface area contributed by atoms with Crippen LogP contribution in [0, 0.1) is 12.3 Å². The third-order valence-corrected chi connectivity index (χ3v) is 5.54. The number of ether oxygens (including phenoxy) is 2. The molecule has 0 unspecified atom stereocenters. The molecule has 0 radical (unpaired) electrons. The van der Waals surface area contributed by atoms with E-state index in [1.807, 2.05) is 37.5 Å². The fraction of sp³-hybridized carbons (Fsp3) is 0.600. The van der Waals surface area contributed by atoms with Crippen LogP contribution in [0.15, 0.2) is 35.1 Å². The van der Waals surface area contributed by atoms with Crippen molar-refractivity contribution in [1.82, 2.24) is 15.0 Å². The van der Waals surface area contributed by atoms with Gasteiger partial charge in [0.2, 0.25) is 0 Å². The zero-order valence-corrected chi connectivity index (χ0v) is 15.4. The van der Waals surface area contributed by atoms with Gasteiger partial charge in [-0.05, 0) is 43.9 Å². The van der Waals surface area contributed by atoms with Gasteiger partial charge in [-0.15, -0.1) is 0 Å². The summed E-state index contributed by atoms with van der Waals surface area (Å²) in [5, 5.41) is 4.15. The normalized spacial score (nSPS) is 26.6. The second-order valence-electron chi connectivity index (χ2n) is 7.60. The average Bonchev–Trinajstić information content (AvgIpc) is 3.07. The first-order valence-corrected chi connectivity index (χ1v) is 9.46. The van der Waals surface area contributed by atoms with Crippen LogP contribution in [-0.2, 0) is 22.6 Å². The van der Waals surface area contributed by atoms with Gasteiger partial charge in [-0.25, -0.2) is 0 Å². The van der Waals surface area contributed by atoms with Gasteiger partial charge in [-0.2, -0.15) is 0 Å². The molecule has 2 aliphatic rings. The minimum atomic E-state index is 0.0717. The summed E-state index contributed by atoms with van der Waals surface area (Å²) in [5.41, 5.74) is 2.24. The van der Waals surface area contributed by atoms with Crippen LogP contribution in [0.25, 0.3) is 0 Å². The van der Waals surface area contributed by atoms with Crippen LogP contribution in [0.2, 0.25) is 0 Å². The van der Waals surface area contributed by atoms with Crippen molar-refractivity contribution in [1.29, 1.82) is 0 Å². The first-order chi connectivity index (χ1) is 12.7. The fourth-order valence-corrected chi connectivity index (χ4v) is 4.30. The van der Waals surface area contributed by atoms with Crippen molar-refractivity contribution in [2.75, 3.05) is 26.3 Å². The van der Waals surface area contributed by atoms with Gasteiger partial charge in [0.05, 0.1) is 25.0 Å². The molecular formula is C20H27N3O3. The Labute approximate surface area is 154 Å².